The molecule has 0 N–H and O–H groups in total. The number of nitrogens with zero attached hydrogens (tertiary/aromatic N) is 1. The Morgan fingerprint density at radius 2 is 0.912 bits per heavy atom. The lowest BCUT2D eigenvalue weighted by molar-refractivity contribution is 0.490. The van der Waals surface area contributed by atoms with E-state index in [-0.39, 0.29) is 10.8 Å². The maximum Gasteiger partial charge on any atom is 0.0621 e. The van der Waals surface area contributed by atoms with Gasteiger partial charge < -0.3 is 4.90 Å². The maximum atomic E-state index is 2.65. The molecule has 8 aromatic rings. The zero-order chi connectivity index (χ0) is 38.7. The quantitative estimate of drug-likeness (QED) is 0.143. The van der Waals surface area contributed by atoms with Gasteiger partial charge in [-0.15, -0.1) is 0 Å². The van der Waals surface area contributed by atoms with Crippen LogP contribution in [0.5, 0.6) is 0 Å². The van der Waals surface area contributed by atoms with Crippen LogP contribution in [0.15, 0.2) is 176 Å². The molecule has 2 aliphatic rings. The highest BCUT2D eigenvalue weighted by Gasteiger charge is 2.44. The third kappa shape index (κ3) is 5.08. The second-order valence-electron chi connectivity index (χ2n) is 16.0. The molecule has 0 heterocycles. The Bertz CT molecular complexity index is 2800. The van der Waals surface area contributed by atoms with Crippen molar-refractivity contribution in [2.45, 2.75) is 64.2 Å². The van der Waals surface area contributed by atoms with Crippen LogP contribution in [0.1, 0.15) is 75.6 Å². The van der Waals surface area contributed by atoms with Crippen LogP contribution in [0.4, 0.5) is 17.1 Å². The molecule has 2 aliphatic carbocycles. The molecular weight excluding hydrogens is 687 g/mol. The van der Waals surface area contributed by atoms with Crippen molar-refractivity contribution in [1.29, 1.82) is 0 Å². The predicted octanol–water partition coefficient (Wildman–Crippen LogP) is 15.8. The monoisotopic (exact) mass is 735 g/mol. The Morgan fingerprint density at radius 3 is 1.63 bits per heavy atom. The zero-order valence-corrected chi connectivity index (χ0v) is 33.5. The number of rotatable bonds is 9. The summed E-state index contributed by atoms with van der Waals surface area (Å²) in [6.07, 6.45) is 4.17. The molecule has 57 heavy (non-hydrogen) atoms. The number of hydrogen-bond acceptors (Lipinski definition) is 1. The van der Waals surface area contributed by atoms with E-state index in [1.807, 2.05) is 0 Å². The number of benzene rings is 8. The van der Waals surface area contributed by atoms with Gasteiger partial charge in [-0.05, 0) is 111 Å². The summed E-state index contributed by atoms with van der Waals surface area (Å²) in [6, 6.07) is 66.3. The Labute approximate surface area is 338 Å². The summed E-state index contributed by atoms with van der Waals surface area (Å²) in [7, 11) is 0. The van der Waals surface area contributed by atoms with Gasteiger partial charge in [0, 0.05) is 33.0 Å². The molecule has 0 saturated heterocycles. The summed E-state index contributed by atoms with van der Waals surface area (Å²) < 4.78 is 0. The molecule has 0 saturated carbocycles. The van der Waals surface area contributed by atoms with Crippen LogP contribution < -0.4 is 4.90 Å². The summed E-state index contributed by atoms with van der Waals surface area (Å²) >= 11 is 0. The lowest BCUT2D eigenvalue weighted by Gasteiger charge is -2.35. The van der Waals surface area contributed by atoms with E-state index in [1.165, 1.54) is 94.6 Å². The molecule has 0 radical (unpaired) electrons. The van der Waals surface area contributed by atoms with Gasteiger partial charge in [0.15, 0.2) is 0 Å². The van der Waals surface area contributed by atoms with E-state index in [9.17, 15) is 0 Å². The smallest absolute Gasteiger partial charge is 0.0621 e. The molecule has 1 heteroatoms. The highest BCUT2D eigenvalue weighted by atomic mass is 15.2. The van der Waals surface area contributed by atoms with E-state index in [0.29, 0.717) is 0 Å². The Hall–Kier alpha value is -6.18. The van der Waals surface area contributed by atoms with Gasteiger partial charge in [-0.25, -0.2) is 0 Å². The molecular formula is C56H49N. The first-order valence-corrected chi connectivity index (χ1v) is 21.0. The summed E-state index contributed by atoms with van der Waals surface area (Å²) in [5, 5.41) is 2.55. The summed E-state index contributed by atoms with van der Waals surface area (Å²) in [6.45, 7) is 9.51. The minimum atomic E-state index is -0.0744. The minimum Gasteiger partial charge on any atom is -0.309 e. The van der Waals surface area contributed by atoms with E-state index < -0.39 is 0 Å². The van der Waals surface area contributed by atoms with E-state index in [0.717, 1.165) is 25.7 Å². The van der Waals surface area contributed by atoms with Gasteiger partial charge >= 0.3 is 0 Å². The summed E-state index contributed by atoms with van der Waals surface area (Å²) in [5.41, 5.74) is 19.6. The first kappa shape index (κ1) is 35.2. The fourth-order valence-electron chi connectivity index (χ4n) is 11.0. The fraction of sp³-hybridized carbons (Fsp3) is 0.179. The van der Waals surface area contributed by atoms with Gasteiger partial charge in [0.25, 0.3) is 0 Å². The van der Waals surface area contributed by atoms with Crippen molar-refractivity contribution >= 4 is 27.8 Å². The van der Waals surface area contributed by atoms with Crippen molar-refractivity contribution in [3.63, 3.8) is 0 Å². The molecule has 0 spiro atoms. The number of anilines is 3. The van der Waals surface area contributed by atoms with Gasteiger partial charge in [0.1, 0.15) is 0 Å². The van der Waals surface area contributed by atoms with Crippen molar-refractivity contribution in [1.82, 2.24) is 0 Å². The number of hydrogen-bond donors (Lipinski definition) is 0. The van der Waals surface area contributed by atoms with Gasteiger partial charge in [-0.3, -0.25) is 0 Å². The third-order valence-electron chi connectivity index (χ3n) is 13.8. The first-order chi connectivity index (χ1) is 28.1. The van der Waals surface area contributed by atoms with Crippen molar-refractivity contribution in [3.05, 3.63) is 198 Å². The van der Waals surface area contributed by atoms with Crippen molar-refractivity contribution in [2.24, 2.45) is 0 Å². The second-order valence-corrected chi connectivity index (χ2v) is 16.0. The van der Waals surface area contributed by atoms with E-state index in [2.05, 4.69) is 209 Å². The molecule has 10 rings (SSSR count). The molecule has 0 atom stereocenters. The topological polar surface area (TPSA) is 3.24 Å². The van der Waals surface area contributed by atoms with E-state index >= 15 is 0 Å². The van der Waals surface area contributed by atoms with Gasteiger partial charge in [0.05, 0.1) is 11.4 Å². The van der Waals surface area contributed by atoms with Gasteiger partial charge in [-0.1, -0.05) is 179 Å². The largest absolute Gasteiger partial charge is 0.309 e. The lowest BCUT2D eigenvalue weighted by atomic mass is 9.73. The summed E-state index contributed by atoms with van der Waals surface area (Å²) in [5.74, 6) is 0. The van der Waals surface area contributed by atoms with Crippen LogP contribution >= 0.6 is 0 Å². The molecule has 0 amide bonds. The predicted molar refractivity (Wildman–Crippen MR) is 243 cm³/mol. The molecule has 0 unspecified atom stereocenters. The average molecular weight is 736 g/mol. The molecule has 0 bridgehead atoms. The van der Waals surface area contributed by atoms with Crippen LogP contribution in [0.2, 0.25) is 0 Å². The SMILES string of the molecule is CCC1(CC)c2ccccc2-c2ccc(N(c3ccccc3-c3ccccc3-c3ccccc3)c3c4c(cc5ccccc35)C(CC)(CC)c3ccccc3-4)cc21. The molecule has 8 aromatic carbocycles. The van der Waals surface area contributed by atoms with E-state index in [1.54, 1.807) is 0 Å². The molecule has 0 fully saturated rings. The normalized spacial score (nSPS) is 14.2. The number of para-hydroxylation sites is 1. The average Bonchev–Trinajstić information content (AvgIpc) is 3.73. The van der Waals surface area contributed by atoms with Crippen molar-refractivity contribution < 1.29 is 0 Å². The lowest BCUT2D eigenvalue weighted by Crippen LogP contribution is -2.24. The Morgan fingerprint density at radius 1 is 0.386 bits per heavy atom. The Balaban J connectivity index is 1.34. The van der Waals surface area contributed by atoms with Crippen LogP contribution in [0, 0.1) is 0 Å². The molecule has 1 nitrogen and oxygen atoms in total. The van der Waals surface area contributed by atoms with Crippen LogP contribution in [-0.4, -0.2) is 0 Å². The maximum absolute atomic E-state index is 2.65. The van der Waals surface area contributed by atoms with Crippen molar-refractivity contribution in [3.8, 4) is 44.5 Å². The van der Waals surface area contributed by atoms with Crippen molar-refractivity contribution in [2.75, 3.05) is 4.90 Å². The van der Waals surface area contributed by atoms with E-state index in [4.69, 9.17) is 0 Å². The molecule has 278 valence electrons. The summed E-state index contributed by atoms with van der Waals surface area (Å²) in [4.78, 5) is 2.65. The number of fused-ring (bicyclic) bond motifs is 7. The Kier molecular flexibility index (Phi) is 8.52. The van der Waals surface area contributed by atoms with Crippen LogP contribution in [-0.2, 0) is 10.8 Å². The van der Waals surface area contributed by atoms with Gasteiger partial charge in [-0.2, -0.15) is 0 Å². The van der Waals surface area contributed by atoms with Crippen LogP contribution in [0.3, 0.4) is 0 Å². The fourth-order valence-corrected chi connectivity index (χ4v) is 11.0. The molecule has 0 aromatic heterocycles. The standard InChI is InChI=1S/C56H49N/c1-5-55(6-2)48-31-19-16-28-44(48)45-35-34-40(37-50(45)55)57(52-33-21-18-29-46(52)43-27-15-14-25-41(43)38-22-10-9-11-23-38)54-42-26-13-12-24-39(42)36-51-53(54)47-30-17-20-32-49(47)56(51,7-3)8-4/h9-37H,5-8H2,1-4H3. The highest BCUT2D eigenvalue weighted by Crippen LogP contribution is 2.61. The minimum absolute atomic E-state index is 0.0556. The zero-order valence-electron chi connectivity index (χ0n) is 33.5. The van der Waals surface area contributed by atoms with Gasteiger partial charge in [0.2, 0.25) is 0 Å². The third-order valence-corrected chi connectivity index (χ3v) is 13.8. The highest BCUT2D eigenvalue weighted by molar-refractivity contribution is 6.11. The second kappa shape index (κ2) is 13.8. The first-order valence-electron chi connectivity index (χ1n) is 21.0. The molecule has 0 aliphatic heterocycles. The van der Waals surface area contributed by atoms with Crippen LogP contribution in [0.25, 0.3) is 55.3 Å².